The Balaban J connectivity index is 0. The minimum atomic E-state index is 0.178. The summed E-state index contributed by atoms with van der Waals surface area (Å²) in [5.74, 6) is 0. The van der Waals surface area contributed by atoms with E-state index in [0.29, 0.717) is 18.8 Å². The minimum absolute atomic E-state index is 0.178. The van der Waals surface area contributed by atoms with Gasteiger partial charge in [-0.15, -0.1) is 0 Å². The third-order valence-electron chi connectivity index (χ3n) is 1.57. The van der Waals surface area contributed by atoms with Crippen LogP contribution in [-0.2, 0) is 0 Å². The Morgan fingerprint density at radius 3 is 0.900 bits per heavy atom. The molecule has 0 nitrogen and oxygen atoms in total. The molecule has 0 rings (SSSR count). The first-order valence-corrected chi connectivity index (χ1v) is 13.7. The van der Waals surface area contributed by atoms with E-state index in [1.807, 2.05) is 23.0 Å². The van der Waals surface area contributed by atoms with Crippen LogP contribution in [0.25, 0.3) is 0 Å². The Morgan fingerprint density at radius 1 is 0.600 bits per heavy atom. The average molecular weight is 445 g/mol. The summed E-state index contributed by atoms with van der Waals surface area (Å²) in [7, 11) is 2.45. The molecule has 0 saturated carbocycles. The van der Waals surface area contributed by atoms with E-state index in [1.54, 1.807) is 0 Å². The van der Waals surface area contributed by atoms with E-state index < -0.39 is 0 Å². The van der Waals surface area contributed by atoms with Crippen LogP contribution in [0.3, 0.4) is 0 Å². The van der Waals surface area contributed by atoms with E-state index in [1.165, 1.54) is 0 Å². The molecule has 0 saturated heterocycles. The Hall–Kier alpha value is 2.11. The molecule has 2 atom stereocenters. The summed E-state index contributed by atoms with van der Waals surface area (Å²) in [5, 5.41) is 1.54. The fourth-order valence-electron chi connectivity index (χ4n) is 1.03. The van der Waals surface area contributed by atoms with Crippen LogP contribution in [0.4, 0.5) is 0 Å². The van der Waals surface area contributed by atoms with Gasteiger partial charge in [0.25, 0.3) is 0 Å². The Kier molecular flexibility index (Phi) is 10.7. The van der Waals surface area contributed by atoms with Gasteiger partial charge in [-0.3, -0.25) is 0 Å². The molecule has 0 amide bonds. The van der Waals surface area contributed by atoms with Crippen molar-refractivity contribution in [3.05, 3.63) is 0 Å². The fourth-order valence-corrected chi connectivity index (χ4v) is 15.8. The van der Waals surface area contributed by atoms with E-state index in [0.717, 1.165) is 16.5 Å². The van der Waals surface area contributed by atoms with E-state index in [2.05, 4.69) is 83.1 Å². The summed E-state index contributed by atoms with van der Waals surface area (Å²) >= 11 is 1.87. The molecule has 2 radical (unpaired) electrons. The van der Waals surface area contributed by atoms with Gasteiger partial charge in [-0.2, -0.15) is 0 Å². The normalized spacial score (nSPS) is 16.6. The van der Waals surface area contributed by atoms with Gasteiger partial charge >= 0.3 is 47.2 Å². The number of hydrogen-bond donors (Lipinski definition) is 0. The molecule has 4 heteroatoms. The Bertz CT molecular complexity index is 239. The van der Waals surface area contributed by atoms with Crippen molar-refractivity contribution < 1.29 is 0 Å². The van der Waals surface area contributed by atoms with Crippen molar-refractivity contribution in [2.75, 3.05) is 0 Å². The molecule has 0 fully saturated rings. The zero-order valence-corrected chi connectivity index (χ0v) is 21.3. The van der Waals surface area contributed by atoms with Crippen LogP contribution in [-0.4, -0.2) is 38.5 Å². The summed E-state index contributed by atoms with van der Waals surface area (Å²) in [6.07, 6.45) is 0. The van der Waals surface area contributed by atoms with Crippen LogP contribution < -0.4 is 0 Å². The maximum atomic E-state index is 2.43. The third-order valence-corrected chi connectivity index (χ3v) is 16.1. The average Bonchev–Trinajstić information content (AvgIpc) is 1.90. The summed E-state index contributed by atoms with van der Waals surface area (Å²) in [4.78, 5) is 0. The van der Waals surface area contributed by atoms with Gasteiger partial charge in [0.2, 0.25) is 0 Å². The van der Waals surface area contributed by atoms with Crippen molar-refractivity contribution in [1.29, 1.82) is 0 Å². The topological polar surface area (TPSA) is 0 Å². The second-order valence-corrected chi connectivity index (χ2v) is 24.1. The van der Waals surface area contributed by atoms with Crippen molar-refractivity contribution in [2.24, 2.45) is 0 Å². The van der Waals surface area contributed by atoms with Gasteiger partial charge in [-0.05, 0) is 15.5 Å². The summed E-state index contributed by atoms with van der Waals surface area (Å²) in [6, 6.07) is 0. The van der Waals surface area contributed by atoms with Crippen LogP contribution in [0.2, 0.25) is 3.36 Å². The predicted octanol–water partition coefficient (Wildman–Crippen LogP) is 7.42. The van der Waals surface area contributed by atoms with E-state index in [4.69, 9.17) is 0 Å². The molecule has 0 aromatic rings. The molecule has 2 unspecified atom stereocenters. The van der Waals surface area contributed by atoms with Crippen LogP contribution in [0.1, 0.15) is 83.1 Å². The van der Waals surface area contributed by atoms with Crippen molar-refractivity contribution in [1.82, 2.24) is 0 Å². The van der Waals surface area contributed by atoms with Gasteiger partial charge in [0.05, 0.1) is 0 Å². The monoisotopic (exact) mass is 444 g/mol. The summed E-state index contributed by atoms with van der Waals surface area (Å²) in [6.45, 7) is 28.2. The first kappa shape index (κ1) is 24.4. The molecule has 0 N–H and O–H groups in total. The molecule has 0 spiro atoms. The zero-order valence-electron chi connectivity index (χ0n) is 15.9. The molecule has 20 heavy (non-hydrogen) atoms. The molecule has 0 aliphatic carbocycles. The maximum absolute atomic E-state index is 2.43. The molecule has 0 aliphatic rings. The predicted molar refractivity (Wildman–Crippen MR) is 108 cm³/mol. The first-order chi connectivity index (χ1) is 8.31. The molecule has 0 heterocycles. The second kappa shape index (κ2) is 8.82. The van der Waals surface area contributed by atoms with Crippen molar-refractivity contribution >= 4 is 46.9 Å². The van der Waals surface area contributed by atoms with Crippen molar-refractivity contribution in [2.45, 2.75) is 102 Å². The van der Waals surface area contributed by atoms with Crippen molar-refractivity contribution in [3.63, 3.8) is 0 Å². The Labute approximate surface area is 148 Å². The van der Waals surface area contributed by atoms with Crippen LogP contribution in [0, 0.1) is 0 Å². The molecule has 0 aromatic carbocycles. The zero-order chi connectivity index (χ0) is 17.0. The third kappa shape index (κ3) is 22.4. The summed E-state index contributed by atoms with van der Waals surface area (Å²) in [5.41, 5.74) is 0. The summed E-state index contributed by atoms with van der Waals surface area (Å²) < 4.78 is 0.550. The van der Waals surface area contributed by atoms with E-state index in [9.17, 15) is 0 Å². The van der Waals surface area contributed by atoms with Gasteiger partial charge in [0.1, 0.15) is 0 Å². The van der Waals surface area contributed by atoms with E-state index in [-0.39, 0.29) is 7.30 Å². The molecular formula is C16H38P3Sb. The number of rotatable bonds is 2. The van der Waals surface area contributed by atoms with Gasteiger partial charge in [-0.25, -0.2) is 0 Å². The van der Waals surface area contributed by atoms with Crippen LogP contribution in [0.15, 0.2) is 0 Å². The Morgan fingerprint density at radius 2 is 0.800 bits per heavy atom. The van der Waals surface area contributed by atoms with Crippen molar-refractivity contribution in [3.8, 4) is 0 Å². The van der Waals surface area contributed by atoms with E-state index >= 15 is 0 Å². The van der Waals surface area contributed by atoms with Gasteiger partial charge < -0.3 is 0 Å². The first-order valence-electron chi connectivity index (χ1n) is 7.39. The molecular weight excluding hydrogens is 407 g/mol. The number of hydrogen-bond acceptors (Lipinski definition) is 0. The van der Waals surface area contributed by atoms with Crippen LogP contribution >= 0.6 is 23.8 Å². The van der Waals surface area contributed by atoms with Gasteiger partial charge in [0, 0.05) is 0 Å². The van der Waals surface area contributed by atoms with Crippen LogP contribution in [0.5, 0.6) is 0 Å². The molecule has 0 aromatic heterocycles. The fraction of sp³-hybridized carbons (Fsp3) is 1.00. The standard InChI is InChI=1S/C12H29P3.C4H9.Sb/c1-10(2,3)13-15(12(7,8)9)14-11(4,5)6;1-4(2)3;/h13-14H,1-9H3;1-3H3;. The SMILES string of the molecule is CC(C)(C)PP(PC(C)(C)C)C(C)(C)C.C[C](C)(C)[Sb]. The molecule has 0 aliphatic heterocycles. The van der Waals surface area contributed by atoms with Gasteiger partial charge in [-0.1, -0.05) is 86.2 Å². The second-order valence-electron chi connectivity index (χ2n) is 9.40. The quantitative estimate of drug-likeness (QED) is 0.307. The van der Waals surface area contributed by atoms with Gasteiger partial charge in [0.15, 0.2) is 0 Å². The molecule has 122 valence electrons. The molecule has 0 bridgehead atoms.